The van der Waals surface area contributed by atoms with Gasteiger partial charge in [0, 0.05) is 17.2 Å². The molecule has 6 heteroatoms. The molecule has 0 saturated carbocycles. The molecule has 0 radical (unpaired) electrons. The molecular weight excluding hydrogens is 324 g/mol. The summed E-state index contributed by atoms with van der Waals surface area (Å²) in [6.45, 7) is 8.59. The van der Waals surface area contributed by atoms with E-state index in [1.54, 1.807) is 0 Å². The van der Waals surface area contributed by atoms with E-state index in [0.717, 1.165) is 53.0 Å². The fraction of sp³-hybridized carbons (Fsp3) is 0.538. The fourth-order valence-electron chi connectivity index (χ4n) is 2.22. The Morgan fingerprint density at radius 2 is 2.16 bits per heavy atom. The van der Waals surface area contributed by atoms with E-state index in [4.69, 9.17) is 12.2 Å². The molecule has 2 aromatic rings. The third-order valence-corrected chi connectivity index (χ3v) is 4.08. The molecule has 0 aliphatic heterocycles. The molecule has 0 saturated heterocycles. The number of nitrogens with one attached hydrogen (secondary N) is 1. The minimum atomic E-state index is 0.750. The molecule has 1 N–H and O–H groups in total. The van der Waals surface area contributed by atoms with Crippen molar-refractivity contribution < 1.29 is 0 Å². The van der Waals surface area contributed by atoms with Crippen LogP contribution >= 0.6 is 28.1 Å². The number of pyridine rings is 1. The van der Waals surface area contributed by atoms with Crippen LogP contribution in [0.15, 0.2) is 16.7 Å². The fourth-order valence-corrected chi connectivity index (χ4v) is 2.84. The van der Waals surface area contributed by atoms with E-state index in [1.807, 2.05) is 12.3 Å². The molecule has 104 valence electrons. The van der Waals surface area contributed by atoms with Crippen LogP contribution in [0.2, 0.25) is 0 Å². The number of rotatable bonds is 6. The van der Waals surface area contributed by atoms with Gasteiger partial charge in [-0.25, -0.2) is 4.98 Å². The second-order valence-electron chi connectivity index (χ2n) is 4.49. The summed E-state index contributed by atoms with van der Waals surface area (Å²) in [4.78, 5) is 10.1. The molecule has 0 aliphatic carbocycles. The molecule has 0 amide bonds. The van der Waals surface area contributed by atoms with Crippen molar-refractivity contribution in [3.63, 3.8) is 0 Å². The number of hydrogen-bond acceptors (Lipinski definition) is 3. The van der Waals surface area contributed by atoms with Gasteiger partial charge in [0.1, 0.15) is 0 Å². The Morgan fingerprint density at radius 1 is 1.42 bits per heavy atom. The number of aromatic amines is 1. The van der Waals surface area contributed by atoms with E-state index in [2.05, 4.69) is 49.2 Å². The second kappa shape index (κ2) is 6.63. The Balaban J connectivity index is 2.12. The lowest BCUT2D eigenvalue weighted by Crippen LogP contribution is -2.24. The minimum Gasteiger partial charge on any atom is -0.329 e. The topological polar surface area (TPSA) is 36.9 Å². The summed E-state index contributed by atoms with van der Waals surface area (Å²) in [5.41, 5.74) is 1.93. The molecular formula is C13H19BrN4S. The first-order valence-electron chi connectivity index (χ1n) is 6.62. The first-order valence-corrected chi connectivity index (χ1v) is 7.82. The van der Waals surface area contributed by atoms with E-state index >= 15 is 0 Å². The van der Waals surface area contributed by atoms with Gasteiger partial charge >= 0.3 is 0 Å². The quantitative estimate of drug-likeness (QED) is 0.815. The molecule has 0 aromatic carbocycles. The van der Waals surface area contributed by atoms with Crippen LogP contribution in [0.5, 0.6) is 0 Å². The summed E-state index contributed by atoms with van der Waals surface area (Å²) in [6, 6.07) is 2.01. The van der Waals surface area contributed by atoms with Crippen LogP contribution in [0.25, 0.3) is 11.2 Å². The summed E-state index contributed by atoms with van der Waals surface area (Å²) in [6.07, 6.45) is 2.90. The number of aryl methyl sites for hydroxylation is 1. The third kappa shape index (κ3) is 3.43. The van der Waals surface area contributed by atoms with Crippen LogP contribution in [0.1, 0.15) is 20.3 Å². The maximum absolute atomic E-state index is 5.37. The number of nitrogens with zero attached hydrogens (tertiary/aromatic N) is 3. The van der Waals surface area contributed by atoms with E-state index in [-0.39, 0.29) is 0 Å². The highest BCUT2D eigenvalue weighted by Crippen LogP contribution is 2.17. The van der Waals surface area contributed by atoms with Crippen LogP contribution in [0, 0.1) is 4.77 Å². The lowest BCUT2D eigenvalue weighted by molar-refractivity contribution is 0.293. The Labute approximate surface area is 127 Å². The van der Waals surface area contributed by atoms with Crippen LogP contribution < -0.4 is 0 Å². The van der Waals surface area contributed by atoms with Gasteiger partial charge in [-0.3, -0.25) is 0 Å². The molecule has 0 unspecified atom stereocenters. The first kappa shape index (κ1) is 14.7. The monoisotopic (exact) mass is 342 g/mol. The van der Waals surface area contributed by atoms with E-state index in [9.17, 15) is 0 Å². The van der Waals surface area contributed by atoms with E-state index in [0.29, 0.717) is 0 Å². The molecule has 2 heterocycles. The van der Waals surface area contributed by atoms with Crippen molar-refractivity contribution in [2.75, 3.05) is 19.6 Å². The number of halogens is 1. The third-order valence-electron chi connectivity index (χ3n) is 3.33. The van der Waals surface area contributed by atoms with Gasteiger partial charge in [-0.1, -0.05) is 13.8 Å². The zero-order chi connectivity index (χ0) is 13.8. The van der Waals surface area contributed by atoms with Crippen molar-refractivity contribution in [1.82, 2.24) is 19.4 Å². The summed E-state index contributed by atoms with van der Waals surface area (Å²) in [5.74, 6) is 0. The molecule has 0 fully saturated rings. The molecule has 0 spiro atoms. The molecule has 4 nitrogen and oxygen atoms in total. The Morgan fingerprint density at radius 3 is 2.84 bits per heavy atom. The lowest BCUT2D eigenvalue weighted by Gasteiger charge is -2.17. The smallest absolute Gasteiger partial charge is 0.179 e. The van der Waals surface area contributed by atoms with Gasteiger partial charge in [0.2, 0.25) is 0 Å². The molecule has 0 atom stereocenters. The molecule has 19 heavy (non-hydrogen) atoms. The Bertz CT molecular complexity index is 600. The van der Waals surface area contributed by atoms with Gasteiger partial charge in [-0.2, -0.15) is 0 Å². The first-order chi connectivity index (χ1) is 9.15. The predicted molar refractivity (Wildman–Crippen MR) is 85.0 cm³/mol. The SMILES string of the molecule is CCN(CC)CCCn1c(=S)[nH]c2cc(Br)cnc21. The van der Waals surface area contributed by atoms with Crippen LogP contribution in [0.3, 0.4) is 0 Å². The number of fused-ring (bicyclic) bond motifs is 1. The lowest BCUT2D eigenvalue weighted by atomic mass is 10.3. The van der Waals surface area contributed by atoms with Crippen molar-refractivity contribution in [2.24, 2.45) is 0 Å². The van der Waals surface area contributed by atoms with Crippen LogP contribution in [0.4, 0.5) is 0 Å². The highest BCUT2D eigenvalue weighted by molar-refractivity contribution is 9.10. The average molecular weight is 343 g/mol. The number of hydrogen-bond donors (Lipinski definition) is 1. The van der Waals surface area contributed by atoms with Gasteiger partial charge in [0.05, 0.1) is 5.52 Å². The summed E-state index contributed by atoms with van der Waals surface area (Å²) >= 11 is 8.79. The van der Waals surface area contributed by atoms with Gasteiger partial charge < -0.3 is 14.5 Å². The maximum Gasteiger partial charge on any atom is 0.179 e. The Hall–Kier alpha value is -0.720. The van der Waals surface area contributed by atoms with Gasteiger partial charge in [0.15, 0.2) is 10.4 Å². The molecule has 2 aromatic heterocycles. The van der Waals surface area contributed by atoms with Crippen LogP contribution in [-0.4, -0.2) is 39.1 Å². The van der Waals surface area contributed by atoms with Crippen LogP contribution in [-0.2, 0) is 6.54 Å². The van der Waals surface area contributed by atoms with Crippen molar-refractivity contribution in [1.29, 1.82) is 0 Å². The number of aromatic nitrogens is 3. The highest BCUT2D eigenvalue weighted by atomic mass is 79.9. The maximum atomic E-state index is 5.37. The number of H-pyrrole nitrogens is 1. The Kier molecular flexibility index (Phi) is 5.13. The second-order valence-corrected chi connectivity index (χ2v) is 5.79. The van der Waals surface area contributed by atoms with E-state index in [1.165, 1.54) is 0 Å². The summed E-state index contributed by atoms with van der Waals surface area (Å²) in [5, 5.41) is 0. The standard InChI is InChI=1S/C13H19BrN4S/c1-3-17(4-2)6-5-7-18-12-11(16-13(18)19)8-10(14)9-15-12/h8-9H,3-7H2,1-2H3,(H,16,19). The minimum absolute atomic E-state index is 0.750. The van der Waals surface area contributed by atoms with Gasteiger partial charge in [-0.15, -0.1) is 0 Å². The van der Waals surface area contributed by atoms with Crippen molar-refractivity contribution in [3.05, 3.63) is 21.5 Å². The zero-order valence-electron chi connectivity index (χ0n) is 11.3. The highest BCUT2D eigenvalue weighted by Gasteiger charge is 2.06. The van der Waals surface area contributed by atoms with Crippen molar-refractivity contribution in [3.8, 4) is 0 Å². The molecule has 2 rings (SSSR count). The predicted octanol–water partition coefficient (Wildman–Crippen LogP) is 3.59. The van der Waals surface area contributed by atoms with Crippen molar-refractivity contribution in [2.45, 2.75) is 26.8 Å². The summed E-state index contributed by atoms with van der Waals surface area (Å²) < 4.78 is 3.80. The molecule has 0 bridgehead atoms. The average Bonchev–Trinajstić information content (AvgIpc) is 2.70. The van der Waals surface area contributed by atoms with Crippen molar-refractivity contribution >= 4 is 39.3 Å². The summed E-state index contributed by atoms with van der Waals surface area (Å²) in [7, 11) is 0. The largest absolute Gasteiger partial charge is 0.329 e. The zero-order valence-corrected chi connectivity index (χ0v) is 13.7. The normalized spacial score (nSPS) is 11.6. The van der Waals surface area contributed by atoms with Gasteiger partial charge in [-0.05, 0) is 60.3 Å². The number of imidazole rings is 1. The van der Waals surface area contributed by atoms with Gasteiger partial charge in [0.25, 0.3) is 0 Å². The molecule has 0 aliphatic rings. The van der Waals surface area contributed by atoms with E-state index < -0.39 is 0 Å².